The predicted molar refractivity (Wildman–Crippen MR) is 103 cm³/mol. The molecule has 2 aromatic rings. The molecule has 1 aromatic carbocycles. The number of oxime groups is 1. The predicted octanol–water partition coefficient (Wildman–Crippen LogP) is 3.08. The summed E-state index contributed by atoms with van der Waals surface area (Å²) in [6.07, 6.45) is 1.62. The van der Waals surface area contributed by atoms with E-state index in [1.165, 1.54) is 11.8 Å². The van der Waals surface area contributed by atoms with Crippen molar-refractivity contribution in [3.63, 3.8) is 0 Å². The van der Waals surface area contributed by atoms with Gasteiger partial charge in [-0.05, 0) is 40.4 Å². The lowest BCUT2D eigenvalue weighted by atomic mass is 9.96. The van der Waals surface area contributed by atoms with Gasteiger partial charge in [-0.2, -0.15) is 11.3 Å². The Bertz CT molecular complexity index is 876. The summed E-state index contributed by atoms with van der Waals surface area (Å²) in [5, 5.41) is 17.3. The molecule has 0 bridgehead atoms. The molecule has 0 saturated heterocycles. The Morgan fingerprint density at radius 3 is 2.54 bits per heavy atom. The van der Waals surface area contributed by atoms with Gasteiger partial charge in [-0.3, -0.25) is 0 Å². The molecule has 0 fully saturated rings. The van der Waals surface area contributed by atoms with E-state index >= 15 is 0 Å². The summed E-state index contributed by atoms with van der Waals surface area (Å²) >= 11 is 1.66. The van der Waals surface area contributed by atoms with E-state index < -0.39 is 14.6 Å². The van der Waals surface area contributed by atoms with Crippen LogP contribution in [0, 0.1) is 0 Å². The number of sulfone groups is 1. The quantitative estimate of drug-likeness (QED) is 0.705. The first-order valence-corrected chi connectivity index (χ1v) is 11.1. The molecule has 26 heavy (non-hydrogen) atoms. The van der Waals surface area contributed by atoms with Crippen molar-refractivity contribution >= 4 is 26.9 Å². The molecule has 8 heteroatoms. The first-order chi connectivity index (χ1) is 12.3. The Balaban J connectivity index is 1.68. The number of benzene rings is 1. The molecule has 0 saturated carbocycles. The molecule has 1 aromatic heterocycles. The van der Waals surface area contributed by atoms with Gasteiger partial charge in [0.2, 0.25) is 0 Å². The van der Waals surface area contributed by atoms with E-state index in [1.54, 1.807) is 18.3 Å². The van der Waals surface area contributed by atoms with E-state index in [9.17, 15) is 8.42 Å². The first kappa shape index (κ1) is 19.0. The van der Waals surface area contributed by atoms with Crippen LogP contribution in [0.5, 0.6) is 0 Å². The van der Waals surface area contributed by atoms with Crippen molar-refractivity contribution in [1.82, 2.24) is 5.48 Å². The van der Waals surface area contributed by atoms with E-state index in [0.29, 0.717) is 6.42 Å². The number of rotatable bonds is 7. The fourth-order valence-corrected chi connectivity index (χ4v) is 4.48. The van der Waals surface area contributed by atoms with Crippen molar-refractivity contribution < 1.29 is 18.5 Å². The lowest BCUT2D eigenvalue weighted by Crippen LogP contribution is -2.46. The third kappa shape index (κ3) is 3.98. The molecule has 2 N–H and O–H groups in total. The maximum Gasteiger partial charge on any atom is 0.154 e. The minimum Gasteiger partial charge on any atom is -0.392 e. The zero-order chi connectivity index (χ0) is 18.8. The van der Waals surface area contributed by atoms with Gasteiger partial charge < -0.3 is 10.0 Å². The molecule has 6 nitrogen and oxygen atoms in total. The van der Waals surface area contributed by atoms with Crippen molar-refractivity contribution in [1.29, 1.82) is 0 Å². The lowest BCUT2D eigenvalue weighted by molar-refractivity contribution is 0.0646. The van der Waals surface area contributed by atoms with E-state index in [2.05, 4.69) is 16.6 Å². The second-order valence-electron chi connectivity index (χ2n) is 6.82. The van der Waals surface area contributed by atoms with Crippen LogP contribution in [-0.4, -0.2) is 43.0 Å². The first-order valence-electron chi connectivity index (χ1n) is 8.25. The normalized spacial score (nSPS) is 19.7. The number of thiophene rings is 1. The maximum atomic E-state index is 12.1. The molecular formula is C18H22N2O4S2. The fraction of sp³-hybridized carbons (Fsp3) is 0.389. The van der Waals surface area contributed by atoms with Gasteiger partial charge in [0.1, 0.15) is 6.10 Å². The van der Waals surface area contributed by atoms with E-state index in [4.69, 9.17) is 10.0 Å². The molecule has 0 spiro atoms. The van der Waals surface area contributed by atoms with Gasteiger partial charge in [-0.15, -0.1) is 0 Å². The molecular weight excluding hydrogens is 372 g/mol. The maximum absolute atomic E-state index is 12.1. The summed E-state index contributed by atoms with van der Waals surface area (Å²) in [5.74, 6) is 0. The van der Waals surface area contributed by atoms with Crippen LogP contribution >= 0.6 is 11.3 Å². The van der Waals surface area contributed by atoms with Crippen LogP contribution in [0.15, 0.2) is 46.2 Å². The second kappa shape index (κ2) is 7.48. The summed E-state index contributed by atoms with van der Waals surface area (Å²) in [6.45, 7) is 1.54. The van der Waals surface area contributed by atoms with Crippen molar-refractivity contribution in [2.75, 3.05) is 12.8 Å². The van der Waals surface area contributed by atoms with Crippen LogP contribution in [0.3, 0.4) is 0 Å². The Labute approximate surface area is 157 Å². The molecule has 2 heterocycles. The van der Waals surface area contributed by atoms with Crippen LogP contribution in [0.25, 0.3) is 11.1 Å². The average Bonchev–Trinajstić information content (AvgIpc) is 3.26. The Hall–Kier alpha value is -1.74. The van der Waals surface area contributed by atoms with Gasteiger partial charge in [0.25, 0.3) is 0 Å². The third-order valence-corrected chi connectivity index (χ3v) is 7.60. The van der Waals surface area contributed by atoms with Gasteiger partial charge >= 0.3 is 0 Å². The highest BCUT2D eigenvalue weighted by Crippen LogP contribution is 2.29. The molecule has 2 atom stereocenters. The van der Waals surface area contributed by atoms with Gasteiger partial charge in [0.15, 0.2) is 9.84 Å². The van der Waals surface area contributed by atoms with Gasteiger partial charge in [0, 0.05) is 25.6 Å². The molecule has 140 valence electrons. The highest BCUT2D eigenvalue weighted by molar-refractivity contribution is 7.92. The topological polar surface area (TPSA) is 88.0 Å². The Morgan fingerprint density at radius 2 is 1.96 bits per heavy atom. The zero-order valence-corrected chi connectivity index (χ0v) is 16.3. The van der Waals surface area contributed by atoms with Gasteiger partial charge in [0.05, 0.1) is 10.5 Å². The molecule has 0 aliphatic carbocycles. The fourth-order valence-electron chi connectivity index (χ4n) is 3.00. The Morgan fingerprint density at radius 1 is 1.27 bits per heavy atom. The molecule has 0 radical (unpaired) electrons. The van der Waals surface area contributed by atoms with E-state index in [1.807, 2.05) is 35.1 Å². The van der Waals surface area contributed by atoms with Crippen molar-refractivity contribution in [3.8, 4) is 11.1 Å². The Kier molecular flexibility index (Phi) is 5.47. The van der Waals surface area contributed by atoms with Gasteiger partial charge in [-0.25, -0.2) is 13.9 Å². The molecule has 0 unspecified atom stereocenters. The lowest BCUT2D eigenvalue weighted by Gasteiger charge is -2.28. The minimum absolute atomic E-state index is 0.0592. The van der Waals surface area contributed by atoms with Crippen LogP contribution in [-0.2, 0) is 14.7 Å². The third-order valence-electron chi connectivity index (χ3n) is 4.81. The number of hydroxylamine groups is 1. The van der Waals surface area contributed by atoms with Crippen LogP contribution in [0.1, 0.15) is 25.3 Å². The van der Waals surface area contributed by atoms with E-state index in [-0.39, 0.29) is 19.1 Å². The standard InChI is InChI=1S/C18H22N2O4S2/c1-18(12-19-21,26(2,22)23)10-16-9-17(20-24-16)14-5-3-13(4-6-14)15-7-8-25-11-15/h3-8,11,16,19,21H,9-10,12H2,1-2H3/t16-,18-/m1/s1. The second-order valence-corrected chi connectivity index (χ2v) is 10.1. The van der Waals surface area contributed by atoms with Crippen molar-refractivity contribution in [3.05, 3.63) is 46.7 Å². The van der Waals surface area contributed by atoms with Crippen molar-refractivity contribution in [2.45, 2.75) is 30.6 Å². The summed E-state index contributed by atoms with van der Waals surface area (Å²) < 4.78 is 23.1. The number of hydrogen-bond donors (Lipinski definition) is 2. The summed E-state index contributed by atoms with van der Waals surface area (Å²) in [6, 6.07) is 10.2. The minimum atomic E-state index is -3.38. The summed E-state index contributed by atoms with van der Waals surface area (Å²) in [7, 11) is -3.38. The average molecular weight is 395 g/mol. The van der Waals surface area contributed by atoms with Crippen LogP contribution in [0.4, 0.5) is 0 Å². The number of nitrogens with zero attached hydrogens (tertiary/aromatic N) is 1. The molecule has 1 aliphatic rings. The van der Waals surface area contributed by atoms with Gasteiger partial charge in [-0.1, -0.05) is 29.4 Å². The smallest absolute Gasteiger partial charge is 0.154 e. The summed E-state index contributed by atoms with van der Waals surface area (Å²) in [4.78, 5) is 5.48. The molecule has 1 aliphatic heterocycles. The largest absolute Gasteiger partial charge is 0.392 e. The van der Waals surface area contributed by atoms with E-state index in [0.717, 1.165) is 16.8 Å². The number of nitrogens with one attached hydrogen (secondary N) is 1. The SMILES string of the molecule is C[C@](CNO)(C[C@H]1CC(c2ccc(-c3ccsc3)cc2)=NO1)S(C)(=O)=O. The highest BCUT2D eigenvalue weighted by atomic mass is 32.2. The molecule has 0 amide bonds. The summed E-state index contributed by atoms with van der Waals surface area (Å²) in [5.41, 5.74) is 6.08. The monoisotopic (exact) mass is 394 g/mol. The van der Waals surface area contributed by atoms with Crippen molar-refractivity contribution in [2.24, 2.45) is 5.16 Å². The van der Waals surface area contributed by atoms with Crippen LogP contribution in [0.2, 0.25) is 0 Å². The zero-order valence-electron chi connectivity index (χ0n) is 14.7. The van der Waals surface area contributed by atoms with Crippen LogP contribution < -0.4 is 5.48 Å². The highest BCUT2D eigenvalue weighted by Gasteiger charge is 2.40. The number of hydrogen-bond acceptors (Lipinski definition) is 7. The molecule has 3 rings (SSSR count).